The Morgan fingerprint density at radius 2 is 2.11 bits per heavy atom. The third-order valence-electron chi connectivity index (χ3n) is 2.91. The first kappa shape index (κ1) is 15.2. The van der Waals surface area contributed by atoms with Gasteiger partial charge in [-0.05, 0) is 19.4 Å². The molecule has 0 amide bonds. The Balaban J connectivity index is 2.71. The zero-order valence-electron chi connectivity index (χ0n) is 11.5. The molecule has 102 valence electrons. The largest absolute Gasteiger partial charge is 0.465 e. The van der Waals surface area contributed by atoms with E-state index in [1.807, 2.05) is 42.2 Å². The Morgan fingerprint density at radius 3 is 2.68 bits per heavy atom. The van der Waals surface area contributed by atoms with Gasteiger partial charge in [-0.3, -0.25) is 9.69 Å². The van der Waals surface area contributed by atoms with Gasteiger partial charge in [0, 0.05) is 19.5 Å². The highest BCUT2D eigenvalue weighted by Crippen LogP contribution is 2.10. The van der Waals surface area contributed by atoms with Crippen LogP contribution in [0, 0.1) is 11.3 Å². The number of hydrogen-bond donors (Lipinski definition) is 0. The molecular formula is C15H20N2O2. The maximum atomic E-state index is 11.8. The van der Waals surface area contributed by atoms with E-state index >= 15 is 0 Å². The summed E-state index contributed by atoms with van der Waals surface area (Å²) in [5.41, 5.74) is 1.12. The first-order valence-electron chi connectivity index (χ1n) is 6.50. The van der Waals surface area contributed by atoms with Gasteiger partial charge in [-0.1, -0.05) is 30.3 Å². The van der Waals surface area contributed by atoms with Gasteiger partial charge in [0.05, 0.1) is 12.7 Å². The van der Waals surface area contributed by atoms with E-state index in [9.17, 15) is 4.79 Å². The van der Waals surface area contributed by atoms with Crippen molar-refractivity contribution in [3.05, 3.63) is 35.9 Å². The van der Waals surface area contributed by atoms with Crippen molar-refractivity contribution >= 4 is 5.97 Å². The van der Waals surface area contributed by atoms with Crippen LogP contribution in [0.5, 0.6) is 0 Å². The van der Waals surface area contributed by atoms with Crippen LogP contribution in [0.1, 0.15) is 25.8 Å². The molecule has 0 N–H and O–H groups in total. The van der Waals surface area contributed by atoms with E-state index in [2.05, 4.69) is 6.07 Å². The van der Waals surface area contributed by atoms with Crippen LogP contribution < -0.4 is 0 Å². The second-order valence-corrected chi connectivity index (χ2v) is 4.29. The van der Waals surface area contributed by atoms with Gasteiger partial charge in [-0.25, -0.2) is 0 Å². The third kappa shape index (κ3) is 5.11. The van der Waals surface area contributed by atoms with Gasteiger partial charge in [0.25, 0.3) is 0 Å². The van der Waals surface area contributed by atoms with Gasteiger partial charge in [0.2, 0.25) is 0 Å². The fraction of sp³-hybridized carbons (Fsp3) is 0.467. The van der Waals surface area contributed by atoms with E-state index in [0.29, 0.717) is 26.1 Å². The Labute approximate surface area is 114 Å². The van der Waals surface area contributed by atoms with Gasteiger partial charge in [-0.15, -0.1) is 0 Å². The van der Waals surface area contributed by atoms with Crippen molar-refractivity contribution in [2.45, 2.75) is 32.9 Å². The number of carbonyl (C=O) groups is 1. The quantitative estimate of drug-likeness (QED) is 0.706. The highest BCUT2D eigenvalue weighted by Gasteiger charge is 2.22. The van der Waals surface area contributed by atoms with Crippen LogP contribution >= 0.6 is 0 Å². The van der Waals surface area contributed by atoms with Crippen molar-refractivity contribution in [1.82, 2.24) is 4.90 Å². The Morgan fingerprint density at radius 1 is 1.42 bits per heavy atom. The Kier molecular flexibility index (Phi) is 6.62. The van der Waals surface area contributed by atoms with E-state index in [1.165, 1.54) is 0 Å². The van der Waals surface area contributed by atoms with Crippen LogP contribution in [0.4, 0.5) is 0 Å². The van der Waals surface area contributed by atoms with Crippen molar-refractivity contribution < 1.29 is 9.53 Å². The first-order valence-corrected chi connectivity index (χ1v) is 6.50. The summed E-state index contributed by atoms with van der Waals surface area (Å²) in [6.45, 7) is 5.19. The molecule has 0 unspecified atom stereocenters. The number of hydrogen-bond acceptors (Lipinski definition) is 4. The lowest BCUT2D eigenvalue weighted by molar-refractivity contribution is -0.149. The zero-order chi connectivity index (χ0) is 14.1. The summed E-state index contributed by atoms with van der Waals surface area (Å²) in [5, 5.41) is 8.71. The SMILES string of the molecule is CCOC(=O)[C@@H](C)N(CCC#N)Cc1ccccc1. The Hall–Kier alpha value is -1.86. The van der Waals surface area contributed by atoms with Crippen LogP contribution in [0.25, 0.3) is 0 Å². The maximum absolute atomic E-state index is 11.8. The molecule has 0 radical (unpaired) electrons. The van der Waals surface area contributed by atoms with Gasteiger partial charge in [-0.2, -0.15) is 5.26 Å². The minimum Gasteiger partial charge on any atom is -0.465 e. The highest BCUT2D eigenvalue weighted by atomic mass is 16.5. The molecule has 4 nitrogen and oxygen atoms in total. The Bertz CT molecular complexity index is 426. The van der Waals surface area contributed by atoms with Gasteiger partial charge < -0.3 is 4.74 Å². The van der Waals surface area contributed by atoms with Crippen molar-refractivity contribution in [1.29, 1.82) is 5.26 Å². The molecule has 1 rings (SSSR count). The molecule has 0 heterocycles. The first-order chi connectivity index (χ1) is 9.19. The van der Waals surface area contributed by atoms with E-state index in [4.69, 9.17) is 10.00 Å². The van der Waals surface area contributed by atoms with Crippen molar-refractivity contribution in [3.8, 4) is 6.07 Å². The fourth-order valence-electron chi connectivity index (χ4n) is 1.83. The molecule has 0 aliphatic rings. The van der Waals surface area contributed by atoms with Crippen molar-refractivity contribution in [3.63, 3.8) is 0 Å². The molecule has 0 aliphatic carbocycles. The lowest BCUT2D eigenvalue weighted by Crippen LogP contribution is -2.40. The number of nitrogens with zero attached hydrogens (tertiary/aromatic N) is 2. The predicted molar refractivity (Wildman–Crippen MR) is 73.2 cm³/mol. The second kappa shape index (κ2) is 8.28. The molecule has 0 fully saturated rings. The van der Waals surface area contributed by atoms with Crippen molar-refractivity contribution in [2.75, 3.05) is 13.2 Å². The number of rotatable bonds is 7. The molecule has 0 bridgehead atoms. The number of esters is 1. The summed E-state index contributed by atoms with van der Waals surface area (Å²) in [7, 11) is 0. The van der Waals surface area contributed by atoms with E-state index < -0.39 is 0 Å². The molecule has 0 saturated carbocycles. The summed E-state index contributed by atoms with van der Waals surface area (Å²) in [5.74, 6) is -0.239. The average Bonchev–Trinajstić information content (AvgIpc) is 2.44. The molecule has 0 aliphatic heterocycles. The molecule has 1 aromatic carbocycles. The summed E-state index contributed by atoms with van der Waals surface area (Å²) in [4.78, 5) is 13.8. The normalized spacial score (nSPS) is 11.9. The van der Waals surface area contributed by atoms with Crippen LogP contribution in [0.3, 0.4) is 0 Å². The lowest BCUT2D eigenvalue weighted by Gasteiger charge is -2.26. The third-order valence-corrected chi connectivity index (χ3v) is 2.91. The minimum absolute atomic E-state index is 0.239. The number of carbonyl (C=O) groups excluding carboxylic acids is 1. The van der Waals surface area contributed by atoms with E-state index in [0.717, 1.165) is 5.56 Å². The second-order valence-electron chi connectivity index (χ2n) is 4.29. The fourth-order valence-corrected chi connectivity index (χ4v) is 1.83. The van der Waals surface area contributed by atoms with Crippen LogP contribution in [0.2, 0.25) is 0 Å². The van der Waals surface area contributed by atoms with Gasteiger partial charge in [0.1, 0.15) is 6.04 Å². The predicted octanol–water partition coefficient (Wildman–Crippen LogP) is 2.35. The zero-order valence-corrected chi connectivity index (χ0v) is 11.5. The van der Waals surface area contributed by atoms with Crippen LogP contribution in [-0.4, -0.2) is 30.1 Å². The average molecular weight is 260 g/mol. The summed E-state index contributed by atoms with van der Waals surface area (Å²) in [6.07, 6.45) is 0.399. The summed E-state index contributed by atoms with van der Waals surface area (Å²) in [6, 6.07) is 11.7. The maximum Gasteiger partial charge on any atom is 0.323 e. The highest BCUT2D eigenvalue weighted by molar-refractivity contribution is 5.75. The van der Waals surface area contributed by atoms with Crippen LogP contribution in [-0.2, 0) is 16.1 Å². The monoisotopic (exact) mass is 260 g/mol. The molecule has 0 spiro atoms. The molecular weight excluding hydrogens is 240 g/mol. The number of benzene rings is 1. The molecule has 1 atom stereocenters. The van der Waals surface area contributed by atoms with Crippen molar-refractivity contribution in [2.24, 2.45) is 0 Å². The van der Waals surface area contributed by atoms with Gasteiger partial charge in [0.15, 0.2) is 0 Å². The minimum atomic E-state index is -0.339. The topological polar surface area (TPSA) is 53.3 Å². The number of nitriles is 1. The number of ether oxygens (including phenoxy) is 1. The van der Waals surface area contributed by atoms with E-state index in [-0.39, 0.29) is 12.0 Å². The van der Waals surface area contributed by atoms with Gasteiger partial charge >= 0.3 is 5.97 Å². The summed E-state index contributed by atoms with van der Waals surface area (Å²) >= 11 is 0. The lowest BCUT2D eigenvalue weighted by atomic mass is 10.1. The molecule has 0 saturated heterocycles. The molecule has 4 heteroatoms. The smallest absolute Gasteiger partial charge is 0.323 e. The molecule has 0 aromatic heterocycles. The molecule has 1 aromatic rings. The van der Waals surface area contributed by atoms with E-state index in [1.54, 1.807) is 6.92 Å². The molecule has 19 heavy (non-hydrogen) atoms. The summed E-state index contributed by atoms with van der Waals surface area (Å²) < 4.78 is 5.04. The standard InChI is InChI=1S/C15H20N2O2/c1-3-19-15(18)13(2)17(11-7-10-16)12-14-8-5-4-6-9-14/h4-6,8-9,13H,3,7,11-12H2,1-2H3/t13-/m1/s1. The van der Waals surface area contributed by atoms with Crippen LogP contribution in [0.15, 0.2) is 30.3 Å².